The first-order chi connectivity index (χ1) is 7.92. The quantitative estimate of drug-likeness (QED) is 0.926. The summed E-state index contributed by atoms with van der Waals surface area (Å²) in [4.78, 5) is 11.9. The van der Waals surface area contributed by atoms with Crippen molar-refractivity contribution in [2.45, 2.75) is 25.9 Å². The van der Waals surface area contributed by atoms with E-state index in [1.54, 1.807) is 19.1 Å². The number of hydrogen-bond acceptors (Lipinski definition) is 2. The van der Waals surface area contributed by atoms with Crippen LogP contribution >= 0.6 is 15.9 Å². The average Bonchev–Trinajstić information content (AvgIpc) is 2.32. The van der Waals surface area contributed by atoms with Gasteiger partial charge in [0.1, 0.15) is 11.4 Å². The fraction of sp³-hybridized carbons (Fsp3) is 0.417. The normalized spacial score (nSPS) is 14.2. The topological polar surface area (TPSA) is 38.3 Å². The SMILES string of the molecule is CCC(C)(OC)C(=O)Nc1ccc(Br)c(F)c1. The molecule has 1 unspecified atom stereocenters. The van der Waals surface area contributed by atoms with Gasteiger partial charge in [-0.3, -0.25) is 4.79 Å². The van der Waals surface area contributed by atoms with Gasteiger partial charge in [-0.2, -0.15) is 0 Å². The standard InChI is InChI=1S/C12H15BrFNO2/c1-4-12(2,17-3)11(16)15-8-5-6-9(13)10(14)7-8/h5-7H,4H2,1-3H3,(H,15,16). The first-order valence-electron chi connectivity index (χ1n) is 5.24. The molecule has 17 heavy (non-hydrogen) atoms. The summed E-state index contributed by atoms with van der Waals surface area (Å²) in [5, 5.41) is 2.63. The molecule has 1 amide bonds. The molecule has 94 valence electrons. The van der Waals surface area contributed by atoms with Crippen LogP contribution in [0.1, 0.15) is 20.3 Å². The number of rotatable bonds is 4. The number of anilines is 1. The lowest BCUT2D eigenvalue weighted by Crippen LogP contribution is -2.41. The van der Waals surface area contributed by atoms with Gasteiger partial charge >= 0.3 is 0 Å². The Hall–Kier alpha value is -0.940. The van der Waals surface area contributed by atoms with E-state index < -0.39 is 11.4 Å². The van der Waals surface area contributed by atoms with Crippen LogP contribution in [0.15, 0.2) is 22.7 Å². The lowest BCUT2D eigenvalue weighted by atomic mass is 10.0. The number of ether oxygens (including phenoxy) is 1. The third-order valence-electron chi connectivity index (χ3n) is 2.78. The highest BCUT2D eigenvalue weighted by Gasteiger charge is 2.30. The van der Waals surface area contributed by atoms with Gasteiger partial charge in [0.05, 0.1) is 4.47 Å². The lowest BCUT2D eigenvalue weighted by Gasteiger charge is -2.25. The van der Waals surface area contributed by atoms with Crippen LogP contribution in [0.2, 0.25) is 0 Å². The fourth-order valence-corrected chi connectivity index (χ4v) is 1.48. The molecule has 0 heterocycles. The Morgan fingerprint density at radius 1 is 1.59 bits per heavy atom. The number of amides is 1. The maximum Gasteiger partial charge on any atom is 0.256 e. The van der Waals surface area contributed by atoms with E-state index in [-0.39, 0.29) is 5.91 Å². The smallest absolute Gasteiger partial charge is 0.256 e. The molecular formula is C12H15BrFNO2. The molecule has 0 saturated heterocycles. The van der Waals surface area contributed by atoms with E-state index in [4.69, 9.17) is 4.74 Å². The molecule has 1 N–H and O–H groups in total. The van der Waals surface area contributed by atoms with Crippen LogP contribution in [0, 0.1) is 5.82 Å². The summed E-state index contributed by atoms with van der Waals surface area (Å²) in [6.45, 7) is 3.54. The van der Waals surface area contributed by atoms with Crippen LogP contribution in [0.3, 0.4) is 0 Å². The Bertz CT molecular complexity index is 419. The van der Waals surface area contributed by atoms with Gasteiger partial charge in [-0.25, -0.2) is 4.39 Å². The Balaban J connectivity index is 2.84. The van der Waals surface area contributed by atoms with Gasteiger partial charge in [-0.1, -0.05) is 6.92 Å². The fourth-order valence-electron chi connectivity index (χ4n) is 1.23. The highest BCUT2D eigenvalue weighted by molar-refractivity contribution is 9.10. The van der Waals surface area contributed by atoms with Gasteiger partial charge in [0, 0.05) is 12.8 Å². The zero-order chi connectivity index (χ0) is 13.1. The monoisotopic (exact) mass is 303 g/mol. The van der Waals surface area contributed by atoms with Crippen LogP contribution in [0.5, 0.6) is 0 Å². The number of methoxy groups -OCH3 is 1. The molecule has 1 rings (SSSR count). The number of carbonyl (C=O) groups excluding carboxylic acids is 1. The maximum atomic E-state index is 13.3. The number of hydrogen-bond donors (Lipinski definition) is 1. The van der Waals surface area contributed by atoms with E-state index in [0.29, 0.717) is 16.6 Å². The highest BCUT2D eigenvalue weighted by atomic mass is 79.9. The van der Waals surface area contributed by atoms with Crippen LogP contribution in [-0.2, 0) is 9.53 Å². The maximum absolute atomic E-state index is 13.3. The molecular weight excluding hydrogens is 289 g/mol. The highest BCUT2D eigenvalue weighted by Crippen LogP contribution is 2.21. The summed E-state index contributed by atoms with van der Waals surface area (Å²) >= 11 is 3.05. The minimum absolute atomic E-state index is 0.288. The Morgan fingerprint density at radius 2 is 2.24 bits per heavy atom. The number of halogens is 2. The summed E-state index contributed by atoms with van der Waals surface area (Å²) in [6, 6.07) is 4.42. The summed E-state index contributed by atoms with van der Waals surface area (Å²) in [6.07, 6.45) is 0.536. The molecule has 1 atom stereocenters. The van der Waals surface area contributed by atoms with Crippen molar-refractivity contribution in [1.82, 2.24) is 0 Å². The zero-order valence-electron chi connectivity index (χ0n) is 10.0. The van der Waals surface area contributed by atoms with E-state index >= 15 is 0 Å². The molecule has 0 aliphatic carbocycles. The second-order valence-electron chi connectivity index (χ2n) is 3.87. The predicted molar refractivity (Wildman–Crippen MR) is 68.4 cm³/mol. The van der Waals surface area contributed by atoms with Gasteiger partial charge in [-0.05, 0) is 47.5 Å². The zero-order valence-corrected chi connectivity index (χ0v) is 11.6. The number of nitrogens with one attached hydrogen (secondary N) is 1. The molecule has 0 aromatic heterocycles. The molecule has 0 spiro atoms. The van der Waals surface area contributed by atoms with Crippen molar-refractivity contribution in [2.24, 2.45) is 0 Å². The van der Waals surface area contributed by atoms with Crippen LogP contribution in [-0.4, -0.2) is 18.6 Å². The molecule has 0 aliphatic heterocycles. The van der Waals surface area contributed by atoms with E-state index in [1.807, 2.05) is 6.92 Å². The van der Waals surface area contributed by atoms with E-state index in [1.165, 1.54) is 13.2 Å². The third kappa shape index (κ3) is 3.26. The van der Waals surface area contributed by atoms with Gasteiger partial charge < -0.3 is 10.1 Å². The molecule has 5 heteroatoms. The molecule has 1 aromatic carbocycles. The van der Waals surface area contributed by atoms with E-state index in [9.17, 15) is 9.18 Å². The summed E-state index contributed by atoms with van der Waals surface area (Å²) in [5.41, 5.74) is -0.490. The van der Waals surface area contributed by atoms with Gasteiger partial charge in [0.25, 0.3) is 5.91 Å². The minimum Gasteiger partial charge on any atom is -0.369 e. The van der Waals surface area contributed by atoms with Crippen molar-refractivity contribution in [1.29, 1.82) is 0 Å². The largest absolute Gasteiger partial charge is 0.369 e. The molecule has 1 aromatic rings. The van der Waals surface area contributed by atoms with Crippen molar-refractivity contribution >= 4 is 27.5 Å². The Labute approximate surface area is 108 Å². The van der Waals surface area contributed by atoms with Crippen molar-refractivity contribution in [2.75, 3.05) is 12.4 Å². The summed E-state index contributed by atoms with van der Waals surface area (Å²) in [7, 11) is 1.48. The molecule has 0 saturated carbocycles. The second kappa shape index (κ2) is 5.60. The number of carbonyl (C=O) groups is 1. The first-order valence-corrected chi connectivity index (χ1v) is 6.04. The summed E-state index contributed by atoms with van der Waals surface area (Å²) in [5.74, 6) is -0.706. The molecule has 0 fully saturated rings. The van der Waals surface area contributed by atoms with Crippen molar-refractivity contribution in [3.63, 3.8) is 0 Å². The van der Waals surface area contributed by atoms with Crippen molar-refractivity contribution in [3.05, 3.63) is 28.5 Å². The van der Waals surface area contributed by atoms with Crippen LogP contribution < -0.4 is 5.32 Å². The molecule has 0 bridgehead atoms. The number of benzene rings is 1. The molecule has 3 nitrogen and oxygen atoms in total. The van der Waals surface area contributed by atoms with Gasteiger partial charge in [-0.15, -0.1) is 0 Å². The second-order valence-corrected chi connectivity index (χ2v) is 4.73. The third-order valence-corrected chi connectivity index (χ3v) is 3.43. The predicted octanol–water partition coefficient (Wildman–Crippen LogP) is 3.34. The molecule has 0 radical (unpaired) electrons. The van der Waals surface area contributed by atoms with Crippen molar-refractivity contribution in [3.8, 4) is 0 Å². The Morgan fingerprint density at radius 3 is 2.71 bits per heavy atom. The molecule has 0 aliphatic rings. The van der Waals surface area contributed by atoms with Crippen LogP contribution in [0.25, 0.3) is 0 Å². The average molecular weight is 304 g/mol. The van der Waals surface area contributed by atoms with Gasteiger partial charge in [0.15, 0.2) is 0 Å². The Kier molecular flexibility index (Phi) is 4.65. The van der Waals surface area contributed by atoms with E-state index in [2.05, 4.69) is 21.2 Å². The minimum atomic E-state index is -0.899. The van der Waals surface area contributed by atoms with Crippen LogP contribution in [0.4, 0.5) is 10.1 Å². The lowest BCUT2D eigenvalue weighted by molar-refractivity contribution is -0.136. The first kappa shape index (κ1) is 14.1. The van der Waals surface area contributed by atoms with Gasteiger partial charge in [0.2, 0.25) is 0 Å². The van der Waals surface area contributed by atoms with Crippen molar-refractivity contribution < 1.29 is 13.9 Å². The summed E-state index contributed by atoms with van der Waals surface area (Å²) < 4.78 is 18.8. The van der Waals surface area contributed by atoms with E-state index in [0.717, 1.165) is 0 Å².